The molecular formula is C12H20N4O2S. The summed E-state index contributed by atoms with van der Waals surface area (Å²) in [5.41, 5.74) is 5.77. The third-order valence-electron chi connectivity index (χ3n) is 2.96. The van der Waals surface area contributed by atoms with Crippen molar-refractivity contribution in [3.63, 3.8) is 0 Å². The summed E-state index contributed by atoms with van der Waals surface area (Å²) in [5.74, 6) is 0.561. The summed E-state index contributed by atoms with van der Waals surface area (Å²) >= 11 is 1.30. The van der Waals surface area contributed by atoms with Gasteiger partial charge in [0.1, 0.15) is 10.7 Å². The molecule has 1 aliphatic heterocycles. The number of anilines is 2. The van der Waals surface area contributed by atoms with Crippen LogP contribution in [0.5, 0.6) is 0 Å². The van der Waals surface area contributed by atoms with Crippen molar-refractivity contribution in [3.05, 3.63) is 4.88 Å². The number of nitrogens with zero attached hydrogens (tertiary/aromatic N) is 1. The lowest BCUT2D eigenvalue weighted by molar-refractivity contribution is 0.0949. The Bertz CT molecular complexity index is 429. The van der Waals surface area contributed by atoms with Crippen LogP contribution in [0.3, 0.4) is 0 Å². The Morgan fingerprint density at radius 2 is 2.47 bits per heavy atom. The first-order chi connectivity index (χ1) is 9.20. The molecule has 4 N–H and O–H groups in total. The number of carbonyl (C=O) groups excluding carboxylic acids is 1. The molecule has 7 heteroatoms. The van der Waals surface area contributed by atoms with Crippen LogP contribution in [0.4, 0.5) is 10.9 Å². The molecule has 0 aliphatic carbocycles. The van der Waals surface area contributed by atoms with Gasteiger partial charge in [-0.05, 0) is 12.8 Å². The third-order valence-corrected chi connectivity index (χ3v) is 3.99. The van der Waals surface area contributed by atoms with Crippen molar-refractivity contribution in [1.82, 2.24) is 10.3 Å². The van der Waals surface area contributed by atoms with Gasteiger partial charge in [0, 0.05) is 25.6 Å². The summed E-state index contributed by atoms with van der Waals surface area (Å²) < 4.78 is 5.27. The smallest absolute Gasteiger partial charge is 0.265 e. The highest BCUT2D eigenvalue weighted by molar-refractivity contribution is 7.18. The molecule has 1 amide bonds. The fraction of sp³-hybridized carbons (Fsp3) is 0.667. The van der Waals surface area contributed by atoms with Gasteiger partial charge in [0.25, 0.3) is 5.91 Å². The molecule has 0 radical (unpaired) electrons. The minimum atomic E-state index is -0.147. The van der Waals surface area contributed by atoms with E-state index in [0.29, 0.717) is 28.3 Å². The summed E-state index contributed by atoms with van der Waals surface area (Å²) in [4.78, 5) is 16.7. The molecule has 1 unspecified atom stereocenters. The molecule has 1 fully saturated rings. The minimum absolute atomic E-state index is 0.147. The average Bonchev–Trinajstić information content (AvgIpc) is 3.03. The predicted molar refractivity (Wildman–Crippen MR) is 76.6 cm³/mol. The van der Waals surface area contributed by atoms with Gasteiger partial charge in [-0.25, -0.2) is 4.98 Å². The summed E-state index contributed by atoms with van der Waals surface area (Å²) in [6.45, 7) is 5.04. The van der Waals surface area contributed by atoms with Crippen molar-refractivity contribution >= 4 is 28.2 Å². The molecule has 0 spiro atoms. The zero-order valence-corrected chi connectivity index (χ0v) is 11.9. The van der Waals surface area contributed by atoms with Crippen molar-refractivity contribution in [2.75, 3.05) is 37.4 Å². The van der Waals surface area contributed by atoms with Crippen LogP contribution in [0.1, 0.15) is 29.4 Å². The monoisotopic (exact) mass is 284 g/mol. The molecule has 0 aromatic carbocycles. The highest BCUT2D eigenvalue weighted by Crippen LogP contribution is 2.24. The molecule has 6 nitrogen and oxygen atoms in total. The number of carbonyl (C=O) groups is 1. The second kappa shape index (κ2) is 6.72. The Morgan fingerprint density at radius 1 is 1.63 bits per heavy atom. The standard InChI is InChI=1S/C12H20N4O2S/c1-2-4-14-12-16-10(13)9(19-12)11(17)15-6-8-3-5-18-7-8/h8H,2-7,13H2,1H3,(H,14,16)(H,15,17). The van der Waals surface area contributed by atoms with E-state index >= 15 is 0 Å². The maximum Gasteiger partial charge on any atom is 0.265 e. The maximum absolute atomic E-state index is 12.0. The number of thiazole rings is 1. The molecule has 1 aromatic heterocycles. The van der Waals surface area contributed by atoms with Gasteiger partial charge in [-0.3, -0.25) is 4.79 Å². The molecule has 1 atom stereocenters. The van der Waals surface area contributed by atoms with Crippen LogP contribution in [0, 0.1) is 5.92 Å². The van der Waals surface area contributed by atoms with Crippen LogP contribution in [-0.2, 0) is 4.74 Å². The number of ether oxygens (including phenoxy) is 1. The lowest BCUT2D eigenvalue weighted by Crippen LogP contribution is -2.29. The lowest BCUT2D eigenvalue weighted by Gasteiger charge is -2.08. The molecule has 2 rings (SSSR count). The van der Waals surface area contributed by atoms with E-state index in [4.69, 9.17) is 10.5 Å². The summed E-state index contributed by atoms with van der Waals surface area (Å²) in [7, 11) is 0. The summed E-state index contributed by atoms with van der Waals surface area (Å²) in [6, 6.07) is 0. The van der Waals surface area contributed by atoms with Crippen LogP contribution < -0.4 is 16.4 Å². The molecule has 1 saturated heterocycles. The number of hydrogen-bond donors (Lipinski definition) is 3. The third kappa shape index (κ3) is 3.81. The molecule has 106 valence electrons. The first-order valence-electron chi connectivity index (χ1n) is 6.56. The largest absolute Gasteiger partial charge is 0.382 e. The number of nitrogens with one attached hydrogen (secondary N) is 2. The highest BCUT2D eigenvalue weighted by Gasteiger charge is 2.19. The van der Waals surface area contributed by atoms with E-state index in [1.165, 1.54) is 11.3 Å². The van der Waals surface area contributed by atoms with Crippen LogP contribution in [0.2, 0.25) is 0 Å². The SMILES string of the molecule is CCCNc1nc(N)c(C(=O)NCC2CCOC2)s1. The fourth-order valence-electron chi connectivity index (χ4n) is 1.86. The van der Waals surface area contributed by atoms with Crippen molar-refractivity contribution in [2.45, 2.75) is 19.8 Å². The molecule has 2 heterocycles. The lowest BCUT2D eigenvalue weighted by atomic mass is 10.1. The van der Waals surface area contributed by atoms with Crippen molar-refractivity contribution in [1.29, 1.82) is 0 Å². The number of rotatable bonds is 6. The van der Waals surface area contributed by atoms with E-state index < -0.39 is 0 Å². The number of nitrogens with two attached hydrogens (primary N) is 1. The van der Waals surface area contributed by atoms with E-state index in [9.17, 15) is 4.79 Å². The van der Waals surface area contributed by atoms with Crippen LogP contribution in [-0.4, -0.2) is 37.2 Å². The van der Waals surface area contributed by atoms with E-state index in [0.717, 1.165) is 32.6 Å². The van der Waals surface area contributed by atoms with Gasteiger partial charge in [0.05, 0.1) is 6.61 Å². The van der Waals surface area contributed by atoms with Gasteiger partial charge in [-0.1, -0.05) is 18.3 Å². The maximum atomic E-state index is 12.0. The fourth-order valence-corrected chi connectivity index (χ4v) is 2.69. The summed E-state index contributed by atoms with van der Waals surface area (Å²) in [5, 5.41) is 6.73. The second-order valence-electron chi connectivity index (χ2n) is 4.60. The molecule has 19 heavy (non-hydrogen) atoms. The first-order valence-corrected chi connectivity index (χ1v) is 7.38. The number of aromatic nitrogens is 1. The van der Waals surface area contributed by atoms with E-state index in [1.807, 2.05) is 0 Å². The topological polar surface area (TPSA) is 89.3 Å². The van der Waals surface area contributed by atoms with Gasteiger partial charge >= 0.3 is 0 Å². The van der Waals surface area contributed by atoms with Crippen LogP contribution in [0.25, 0.3) is 0 Å². The molecular weight excluding hydrogens is 264 g/mol. The average molecular weight is 284 g/mol. The van der Waals surface area contributed by atoms with Crippen LogP contribution in [0.15, 0.2) is 0 Å². The van der Waals surface area contributed by atoms with E-state index in [1.54, 1.807) is 0 Å². The van der Waals surface area contributed by atoms with Gasteiger partial charge < -0.3 is 21.1 Å². The van der Waals surface area contributed by atoms with Crippen molar-refractivity contribution in [2.24, 2.45) is 5.92 Å². The number of nitrogen functional groups attached to an aromatic ring is 1. The van der Waals surface area contributed by atoms with Crippen molar-refractivity contribution in [3.8, 4) is 0 Å². The highest BCUT2D eigenvalue weighted by atomic mass is 32.1. The molecule has 1 aromatic rings. The predicted octanol–water partition coefficient (Wildman–Crippen LogP) is 1.31. The Hall–Kier alpha value is -1.34. The summed E-state index contributed by atoms with van der Waals surface area (Å²) in [6.07, 6.45) is 2.00. The number of amides is 1. The molecule has 1 aliphatic rings. The Morgan fingerprint density at radius 3 is 3.16 bits per heavy atom. The minimum Gasteiger partial charge on any atom is -0.382 e. The first kappa shape index (κ1) is 14.1. The van der Waals surface area contributed by atoms with Crippen molar-refractivity contribution < 1.29 is 9.53 Å². The van der Waals surface area contributed by atoms with E-state index in [2.05, 4.69) is 22.5 Å². The normalized spacial score (nSPS) is 18.5. The van der Waals surface area contributed by atoms with Gasteiger partial charge in [-0.15, -0.1) is 0 Å². The molecule has 0 bridgehead atoms. The quantitative estimate of drug-likeness (QED) is 0.733. The van der Waals surface area contributed by atoms with Gasteiger partial charge in [0.2, 0.25) is 0 Å². The zero-order valence-electron chi connectivity index (χ0n) is 11.1. The second-order valence-corrected chi connectivity index (χ2v) is 5.60. The van der Waals surface area contributed by atoms with E-state index in [-0.39, 0.29) is 5.91 Å². The molecule has 0 saturated carbocycles. The Labute approximate surface area is 116 Å². The zero-order chi connectivity index (χ0) is 13.7. The van der Waals surface area contributed by atoms with Gasteiger partial charge in [-0.2, -0.15) is 0 Å². The Balaban J connectivity index is 1.88. The Kier molecular flexibility index (Phi) is 4.98. The number of hydrogen-bond acceptors (Lipinski definition) is 6. The van der Waals surface area contributed by atoms with Gasteiger partial charge in [0.15, 0.2) is 5.13 Å². The van der Waals surface area contributed by atoms with Crippen LogP contribution >= 0.6 is 11.3 Å².